The van der Waals surface area contributed by atoms with Gasteiger partial charge in [-0.25, -0.2) is 0 Å². The number of aromatic nitrogens is 2. The predicted octanol–water partition coefficient (Wildman–Crippen LogP) is 6.20. The highest BCUT2D eigenvalue weighted by Crippen LogP contribution is 2.29. The summed E-state index contributed by atoms with van der Waals surface area (Å²) < 4.78 is 5.40. The molecule has 10 heteroatoms. The summed E-state index contributed by atoms with van der Waals surface area (Å²) in [6, 6.07) is 10.1. The zero-order valence-electron chi connectivity index (χ0n) is 16.2. The van der Waals surface area contributed by atoms with Gasteiger partial charge in [-0.1, -0.05) is 51.6 Å². The zero-order valence-corrected chi connectivity index (χ0v) is 19.3. The Labute approximate surface area is 199 Å². The molecule has 162 valence electrons. The van der Waals surface area contributed by atoms with Crippen LogP contribution in [0.15, 0.2) is 40.9 Å². The van der Waals surface area contributed by atoms with E-state index in [2.05, 4.69) is 20.4 Å². The average Bonchev–Trinajstić information content (AvgIpc) is 3.15. The van der Waals surface area contributed by atoms with E-state index in [1.807, 2.05) is 0 Å². The van der Waals surface area contributed by atoms with E-state index in [1.165, 1.54) is 0 Å². The van der Waals surface area contributed by atoms with Gasteiger partial charge in [0.05, 0.1) is 17.5 Å². The van der Waals surface area contributed by atoms with Crippen LogP contribution >= 0.6 is 46.4 Å². The van der Waals surface area contributed by atoms with Gasteiger partial charge in [0.15, 0.2) is 0 Å². The predicted molar refractivity (Wildman–Crippen MR) is 123 cm³/mol. The van der Waals surface area contributed by atoms with Crippen LogP contribution in [-0.4, -0.2) is 34.0 Å². The minimum absolute atomic E-state index is 0.0674. The molecular weight excluding hydrogens is 482 g/mol. The highest BCUT2D eigenvalue weighted by atomic mass is 35.5. The number of hydrogen-bond acceptors (Lipinski definition) is 5. The van der Waals surface area contributed by atoms with Crippen molar-refractivity contribution < 1.29 is 9.32 Å². The maximum atomic E-state index is 12.7. The number of nitrogens with zero attached hydrogens (tertiary/aromatic N) is 3. The van der Waals surface area contributed by atoms with Crippen molar-refractivity contribution in [3.63, 3.8) is 0 Å². The fraction of sp³-hybridized carbons (Fsp3) is 0.286. The Morgan fingerprint density at radius 3 is 2.61 bits per heavy atom. The number of piperidine rings is 1. The molecule has 4 rings (SSSR count). The fourth-order valence-corrected chi connectivity index (χ4v) is 4.59. The van der Waals surface area contributed by atoms with Crippen molar-refractivity contribution >= 4 is 58.0 Å². The molecule has 1 N–H and O–H groups in total. The van der Waals surface area contributed by atoms with Crippen LogP contribution in [0.4, 0.5) is 5.69 Å². The quantitative estimate of drug-likeness (QED) is 0.452. The summed E-state index contributed by atoms with van der Waals surface area (Å²) in [7, 11) is 0. The number of halogens is 4. The highest BCUT2D eigenvalue weighted by Gasteiger charge is 2.27. The molecule has 0 spiro atoms. The van der Waals surface area contributed by atoms with Crippen LogP contribution in [0.5, 0.6) is 0 Å². The Morgan fingerprint density at radius 1 is 1.10 bits per heavy atom. The third kappa shape index (κ3) is 5.70. The monoisotopic (exact) mass is 498 g/mol. The van der Waals surface area contributed by atoms with E-state index in [1.54, 1.807) is 36.4 Å². The maximum Gasteiger partial charge on any atom is 0.241 e. The molecule has 1 fully saturated rings. The summed E-state index contributed by atoms with van der Waals surface area (Å²) in [4.78, 5) is 19.3. The van der Waals surface area contributed by atoms with E-state index in [0.717, 1.165) is 19.4 Å². The topological polar surface area (TPSA) is 71.3 Å². The van der Waals surface area contributed by atoms with E-state index < -0.39 is 0 Å². The van der Waals surface area contributed by atoms with Crippen LogP contribution in [0, 0.1) is 5.92 Å². The maximum absolute atomic E-state index is 12.7. The minimum Gasteiger partial charge on any atom is -0.338 e. The molecule has 0 radical (unpaired) electrons. The molecule has 1 aromatic heterocycles. The van der Waals surface area contributed by atoms with E-state index in [9.17, 15) is 4.79 Å². The van der Waals surface area contributed by atoms with Gasteiger partial charge in [-0.3, -0.25) is 9.69 Å². The smallest absolute Gasteiger partial charge is 0.241 e. The van der Waals surface area contributed by atoms with E-state index in [0.29, 0.717) is 56.1 Å². The van der Waals surface area contributed by atoms with E-state index in [4.69, 9.17) is 50.9 Å². The van der Waals surface area contributed by atoms with Crippen LogP contribution < -0.4 is 5.32 Å². The molecule has 1 aliphatic heterocycles. The first kappa shape index (κ1) is 22.4. The van der Waals surface area contributed by atoms with Crippen molar-refractivity contribution in [2.75, 3.05) is 18.4 Å². The number of hydrogen-bond donors (Lipinski definition) is 1. The molecule has 1 saturated heterocycles. The summed E-state index contributed by atoms with van der Waals surface area (Å²) in [6.45, 7) is 1.87. The summed E-state index contributed by atoms with van der Waals surface area (Å²) >= 11 is 24.2. The summed E-state index contributed by atoms with van der Waals surface area (Å²) in [5, 5.41) is 8.86. The van der Waals surface area contributed by atoms with Crippen LogP contribution in [0.1, 0.15) is 18.7 Å². The van der Waals surface area contributed by atoms with Crippen molar-refractivity contribution in [3.05, 3.63) is 62.4 Å². The van der Waals surface area contributed by atoms with Crippen LogP contribution in [0.2, 0.25) is 20.1 Å². The number of amides is 1. The van der Waals surface area contributed by atoms with Gasteiger partial charge in [-0.2, -0.15) is 4.98 Å². The van der Waals surface area contributed by atoms with E-state index >= 15 is 0 Å². The van der Waals surface area contributed by atoms with Crippen molar-refractivity contribution in [1.29, 1.82) is 0 Å². The molecule has 1 amide bonds. The van der Waals surface area contributed by atoms with Gasteiger partial charge in [0.25, 0.3) is 0 Å². The first-order valence-corrected chi connectivity index (χ1v) is 11.2. The first-order chi connectivity index (χ1) is 14.9. The van der Waals surface area contributed by atoms with Gasteiger partial charge in [0.1, 0.15) is 0 Å². The summed E-state index contributed by atoms with van der Waals surface area (Å²) in [5.74, 6) is 0.631. The third-order valence-corrected chi connectivity index (χ3v) is 5.99. The standard InChI is InChI=1S/C21H18Cl4N4O2/c22-13-3-4-17(18(25)9-13)20-27-19(31-28-20)11-29-5-1-2-12(10-29)21(30)26-16-7-14(23)6-15(24)8-16/h3-4,6-9,12H,1-2,5,10-11H2,(H,26,30). The van der Waals surface area contributed by atoms with Crippen molar-refractivity contribution in [1.82, 2.24) is 15.0 Å². The van der Waals surface area contributed by atoms with Crippen molar-refractivity contribution in [2.45, 2.75) is 19.4 Å². The largest absolute Gasteiger partial charge is 0.338 e. The van der Waals surface area contributed by atoms with Crippen LogP contribution in [0.3, 0.4) is 0 Å². The minimum atomic E-state index is -0.167. The Kier molecular flexibility index (Phi) is 7.04. The number of likely N-dealkylation sites (tertiary alicyclic amines) is 1. The van der Waals surface area contributed by atoms with Gasteiger partial charge >= 0.3 is 0 Å². The Morgan fingerprint density at radius 2 is 1.87 bits per heavy atom. The van der Waals surface area contributed by atoms with Crippen molar-refractivity contribution in [2.24, 2.45) is 5.92 Å². The Hall–Kier alpha value is -1.83. The van der Waals surface area contributed by atoms with Crippen LogP contribution in [0.25, 0.3) is 11.4 Å². The molecular formula is C21H18Cl4N4O2. The lowest BCUT2D eigenvalue weighted by Gasteiger charge is -2.30. The Balaban J connectivity index is 1.39. The molecule has 0 aliphatic carbocycles. The van der Waals surface area contributed by atoms with Gasteiger partial charge in [-0.15, -0.1) is 0 Å². The van der Waals surface area contributed by atoms with E-state index in [-0.39, 0.29) is 11.8 Å². The molecule has 2 heterocycles. The molecule has 3 aromatic rings. The summed E-state index contributed by atoms with van der Waals surface area (Å²) in [5.41, 5.74) is 1.23. The average molecular weight is 500 g/mol. The summed E-state index contributed by atoms with van der Waals surface area (Å²) in [6.07, 6.45) is 1.69. The molecule has 1 unspecified atom stereocenters. The molecule has 1 aliphatic rings. The van der Waals surface area contributed by atoms with Gasteiger partial charge in [0.2, 0.25) is 17.6 Å². The second-order valence-electron chi connectivity index (χ2n) is 7.36. The highest BCUT2D eigenvalue weighted by molar-refractivity contribution is 6.36. The molecule has 2 aromatic carbocycles. The SMILES string of the molecule is O=C(Nc1cc(Cl)cc(Cl)c1)C1CCCN(Cc2nc(-c3ccc(Cl)cc3Cl)no2)C1. The molecule has 0 saturated carbocycles. The molecule has 1 atom stereocenters. The molecule has 6 nitrogen and oxygen atoms in total. The number of benzene rings is 2. The fourth-order valence-electron chi connectivity index (χ4n) is 3.57. The lowest BCUT2D eigenvalue weighted by Crippen LogP contribution is -2.40. The molecule has 0 bridgehead atoms. The van der Waals surface area contributed by atoms with Gasteiger partial charge in [0, 0.05) is 32.9 Å². The number of nitrogens with one attached hydrogen (secondary N) is 1. The van der Waals surface area contributed by atoms with Gasteiger partial charge in [-0.05, 0) is 55.8 Å². The van der Waals surface area contributed by atoms with Gasteiger partial charge < -0.3 is 9.84 Å². The number of carbonyl (C=O) groups is 1. The second kappa shape index (κ2) is 9.76. The number of rotatable bonds is 5. The number of carbonyl (C=O) groups excluding carboxylic acids is 1. The van der Waals surface area contributed by atoms with Crippen LogP contribution in [-0.2, 0) is 11.3 Å². The molecule has 31 heavy (non-hydrogen) atoms. The first-order valence-electron chi connectivity index (χ1n) is 9.65. The number of anilines is 1. The normalized spacial score (nSPS) is 17.0. The zero-order chi connectivity index (χ0) is 22.0. The van der Waals surface area contributed by atoms with Crippen molar-refractivity contribution in [3.8, 4) is 11.4 Å². The second-order valence-corrected chi connectivity index (χ2v) is 9.07. The Bertz CT molecular complexity index is 1080. The third-order valence-electron chi connectivity index (χ3n) is 5.01. The lowest BCUT2D eigenvalue weighted by atomic mass is 9.97. The lowest BCUT2D eigenvalue weighted by molar-refractivity contribution is -0.121.